The van der Waals surface area contributed by atoms with Gasteiger partial charge in [-0.25, -0.2) is 0 Å². The quantitative estimate of drug-likeness (QED) is 0.892. The Bertz CT molecular complexity index is 376. The first-order valence-electron chi connectivity index (χ1n) is 7.55. The minimum Gasteiger partial charge on any atom is -0.374 e. The molecule has 2 nitrogen and oxygen atoms in total. The van der Waals surface area contributed by atoms with Gasteiger partial charge in [-0.1, -0.05) is 32.0 Å². The number of hydrogen-bond donors (Lipinski definition) is 1. The SMILES string of the molecule is CNC1CC(C)CC(C)C1CN(C)c1ccccc1. The summed E-state index contributed by atoms with van der Waals surface area (Å²) in [6, 6.07) is 11.4. The highest BCUT2D eigenvalue weighted by Crippen LogP contribution is 2.34. The molecule has 2 heteroatoms. The number of anilines is 1. The van der Waals surface area contributed by atoms with Crippen molar-refractivity contribution in [3.8, 4) is 0 Å². The van der Waals surface area contributed by atoms with E-state index in [-0.39, 0.29) is 0 Å². The van der Waals surface area contributed by atoms with Gasteiger partial charge in [-0.15, -0.1) is 0 Å². The smallest absolute Gasteiger partial charge is 0.0363 e. The van der Waals surface area contributed by atoms with Crippen LogP contribution in [0.2, 0.25) is 0 Å². The van der Waals surface area contributed by atoms with Crippen molar-refractivity contribution in [2.45, 2.75) is 32.7 Å². The zero-order valence-electron chi connectivity index (χ0n) is 12.8. The molecule has 0 radical (unpaired) electrons. The van der Waals surface area contributed by atoms with Crippen LogP contribution in [0.15, 0.2) is 30.3 Å². The van der Waals surface area contributed by atoms with E-state index in [1.165, 1.54) is 18.5 Å². The van der Waals surface area contributed by atoms with Crippen molar-refractivity contribution < 1.29 is 0 Å². The van der Waals surface area contributed by atoms with E-state index in [9.17, 15) is 0 Å². The number of nitrogens with zero attached hydrogens (tertiary/aromatic N) is 1. The van der Waals surface area contributed by atoms with Gasteiger partial charge in [0, 0.05) is 25.3 Å². The van der Waals surface area contributed by atoms with Gasteiger partial charge in [-0.3, -0.25) is 0 Å². The Morgan fingerprint density at radius 2 is 1.84 bits per heavy atom. The number of hydrogen-bond acceptors (Lipinski definition) is 2. The molecule has 1 aromatic rings. The summed E-state index contributed by atoms with van der Waals surface area (Å²) < 4.78 is 0. The monoisotopic (exact) mass is 260 g/mol. The highest BCUT2D eigenvalue weighted by molar-refractivity contribution is 5.45. The van der Waals surface area contributed by atoms with Crippen LogP contribution in [-0.2, 0) is 0 Å². The Labute approximate surface area is 118 Å². The first-order valence-corrected chi connectivity index (χ1v) is 7.55. The molecule has 0 amide bonds. The Morgan fingerprint density at radius 1 is 1.16 bits per heavy atom. The minimum atomic E-state index is 0.657. The predicted octanol–water partition coefficient (Wildman–Crippen LogP) is 3.39. The maximum atomic E-state index is 3.54. The van der Waals surface area contributed by atoms with Crippen molar-refractivity contribution in [2.24, 2.45) is 17.8 Å². The molecule has 0 spiro atoms. The second-order valence-electron chi connectivity index (χ2n) is 6.33. The fourth-order valence-corrected chi connectivity index (χ4v) is 3.65. The Kier molecular flexibility index (Phi) is 4.87. The Morgan fingerprint density at radius 3 is 2.47 bits per heavy atom. The van der Waals surface area contributed by atoms with Gasteiger partial charge in [0.2, 0.25) is 0 Å². The molecular weight excluding hydrogens is 232 g/mol. The summed E-state index contributed by atoms with van der Waals surface area (Å²) in [6.07, 6.45) is 2.68. The molecule has 2 rings (SSSR count). The summed E-state index contributed by atoms with van der Waals surface area (Å²) in [6.45, 7) is 5.95. The van der Waals surface area contributed by atoms with Gasteiger partial charge in [0.15, 0.2) is 0 Å². The molecule has 0 heterocycles. The molecule has 4 atom stereocenters. The van der Waals surface area contributed by atoms with Gasteiger partial charge in [0.1, 0.15) is 0 Å². The van der Waals surface area contributed by atoms with E-state index < -0.39 is 0 Å². The number of para-hydroxylation sites is 1. The normalized spacial score (nSPS) is 31.2. The highest BCUT2D eigenvalue weighted by atomic mass is 15.1. The van der Waals surface area contributed by atoms with Crippen molar-refractivity contribution >= 4 is 5.69 Å². The average Bonchev–Trinajstić information content (AvgIpc) is 2.42. The molecule has 1 saturated carbocycles. The molecule has 19 heavy (non-hydrogen) atoms. The summed E-state index contributed by atoms with van der Waals surface area (Å²) in [4.78, 5) is 2.40. The molecule has 1 N–H and O–H groups in total. The summed E-state index contributed by atoms with van der Waals surface area (Å²) in [5, 5.41) is 3.54. The number of benzene rings is 1. The molecule has 1 aliphatic carbocycles. The molecule has 1 aliphatic rings. The van der Waals surface area contributed by atoms with E-state index in [0.29, 0.717) is 6.04 Å². The molecule has 4 unspecified atom stereocenters. The standard InChI is InChI=1S/C17H28N2/c1-13-10-14(2)16(17(11-13)18-3)12-19(4)15-8-6-5-7-9-15/h5-9,13-14,16-18H,10-12H2,1-4H3. The third-order valence-corrected chi connectivity index (χ3v) is 4.73. The predicted molar refractivity (Wildman–Crippen MR) is 83.6 cm³/mol. The second-order valence-corrected chi connectivity index (χ2v) is 6.33. The van der Waals surface area contributed by atoms with E-state index in [2.05, 4.69) is 68.5 Å². The van der Waals surface area contributed by atoms with E-state index >= 15 is 0 Å². The highest BCUT2D eigenvalue weighted by Gasteiger charge is 2.33. The molecule has 0 aliphatic heterocycles. The van der Waals surface area contributed by atoms with Crippen LogP contribution in [0, 0.1) is 17.8 Å². The lowest BCUT2D eigenvalue weighted by molar-refractivity contribution is 0.158. The fraction of sp³-hybridized carbons (Fsp3) is 0.647. The zero-order chi connectivity index (χ0) is 13.8. The van der Waals surface area contributed by atoms with Crippen LogP contribution >= 0.6 is 0 Å². The van der Waals surface area contributed by atoms with Crippen LogP contribution in [0.25, 0.3) is 0 Å². The maximum absolute atomic E-state index is 3.54. The molecule has 106 valence electrons. The third kappa shape index (κ3) is 3.50. The number of nitrogens with one attached hydrogen (secondary N) is 1. The minimum absolute atomic E-state index is 0.657. The zero-order valence-corrected chi connectivity index (χ0v) is 12.8. The lowest BCUT2D eigenvalue weighted by Crippen LogP contribution is -2.47. The van der Waals surface area contributed by atoms with E-state index in [1.807, 2.05) is 0 Å². The van der Waals surface area contributed by atoms with Gasteiger partial charge in [-0.2, -0.15) is 0 Å². The van der Waals surface area contributed by atoms with E-state index in [1.54, 1.807) is 0 Å². The lowest BCUT2D eigenvalue weighted by atomic mass is 9.72. The van der Waals surface area contributed by atoms with Gasteiger partial charge in [0.05, 0.1) is 0 Å². The molecule has 1 aromatic carbocycles. The van der Waals surface area contributed by atoms with Gasteiger partial charge < -0.3 is 10.2 Å². The molecule has 0 aromatic heterocycles. The first-order chi connectivity index (χ1) is 9.11. The Balaban J connectivity index is 2.04. The van der Waals surface area contributed by atoms with Crippen LogP contribution in [0.3, 0.4) is 0 Å². The van der Waals surface area contributed by atoms with Crippen molar-refractivity contribution in [3.05, 3.63) is 30.3 Å². The summed E-state index contributed by atoms with van der Waals surface area (Å²) in [5.41, 5.74) is 1.32. The Hall–Kier alpha value is -1.02. The molecule has 1 fully saturated rings. The summed E-state index contributed by atoms with van der Waals surface area (Å²) in [5.74, 6) is 2.39. The number of rotatable bonds is 4. The van der Waals surface area contributed by atoms with Crippen molar-refractivity contribution in [1.29, 1.82) is 0 Å². The average molecular weight is 260 g/mol. The van der Waals surface area contributed by atoms with Gasteiger partial charge in [0.25, 0.3) is 0 Å². The fourth-order valence-electron chi connectivity index (χ4n) is 3.65. The van der Waals surface area contributed by atoms with E-state index in [4.69, 9.17) is 0 Å². The topological polar surface area (TPSA) is 15.3 Å². The molecule has 0 saturated heterocycles. The molecule has 0 bridgehead atoms. The summed E-state index contributed by atoms with van der Waals surface area (Å²) >= 11 is 0. The largest absolute Gasteiger partial charge is 0.374 e. The van der Waals surface area contributed by atoms with Crippen LogP contribution < -0.4 is 10.2 Å². The summed E-state index contributed by atoms with van der Waals surface area (Å²) in [7, 11) is 4.33. The van der Waals surface area contributed by atoms with Crippen LogP contribution in [0.5, 0.6) is 0 Å². The van der Waals surface area contributed by atoms with Crippen LogP contribution in [0.1, 0.15) is 26.7 Å². The van der Waals surface area contributed by atoms with Crippen LogP contribution in [-0.4, -0.2) is 26.7 Å². The third-order valence-electron chi connectivity index (χ3n) is 4.73. The second kappa shape index (κ2) is 6.42. The van der Waals surface area contributed by atoms with Crippen molar-refractivity contribution in [3.63, 3.8) is 0 Å². The van der Waals surface area contributed by atoms with E-state index in [0.717, 1.165) is 24.3 Å². The first kappa shape index (κ1) is 14.4. The van der Waals surface area contributed by atoms with Crippen molar-refractivity contribution in [1.82, 2.24) is 5.32 Å². The van der Waals surface area contributed by atoms with Gasteiger partial charge >= 0.3 is 0 Å². The molecular formula is C17H28N2. The maximum Gasteiger partial charge on any atom is 0.0363 e. The van der Waals surface area contributed by atoms with Crippen molar-refractivity contribution in [2.75, 3.05) is 25.5 Å². The van der Waals surface area contributed by atoms with Crippen LogP contribution in [0.4, 0.5) is 5.69 Å². The lowest BCUT2D eigenvalue weighted by Gasteiger charge is -2.41. The van der Waals surface area contributed by atoms with Gasteiger partial charge in [-0.05, 0) is 49.8 Å².